The first-order valence-corrected chi connectivity index (χ1v) is 7.62. The number of nitrogens with zero attached hydrogens (tertiary/aromatic N) is 2. The van der Waals surface area contributed by atoms with Crippen LogP contribution in [0.1, 0.15) is 45.7 Å². The van der Waals surface area contributed by atoms with E-state index in [-0.39, 0.29) is 5.54 Å². The zero-order chi connectivity index (χ0) is 14.8. The lowest BCUT2D eigenvalue weighted by Crippen LogP contribution is -2.25. The van der Waals surface area contributed by atoms with Crippen molar-refractivity contribution in [1.29, 1.82) is 0 Å². The molecule has 0 N–H and O–H groups in total. The topological polar surface area (TPSA) is 24.8 Å². The summed E-state index contributed by atoms with van der Waals surface area (Å²) in [7, 11) is 0. The molecule has 1 heterocycles. The van der Waals surface area contributed by atoms with Gasteiger partial charge in [-0.1, -0.05) is 19.1 Å². The average Bonchev–Trinajstić information content (AvgIpc) is 2.80. The van der Waals surface area contributed by atoms with Crippen LogP contribution in [-0.2, 0) is 11.2 Å². The Morgan fingerprint density at radius 1 is 1.20 bits per heavy atom. The molecule has 0 unspecified atom stereocenters. The fourth-order valence-electron chi connectivity index (χ4n) is 2.67. The van der Waals surface area contributed by atoms with Gasteiger partial charge in [-0.3, -0.25) is 0 Å². The fourth-order valence-corrected chi connectivity index (χ4v) is 2.67. The summed E-state index contributed by atoms with van der Waals surface area (Å²) in [5, 5.41) is 0. The van der Waals surface area contributed by atoms with Gasteiger partial charge in [-0.05, 0) is 45.7 Å². The number of aliphatic imine (C=N–C) groups is 1. The van der Waals surface area contributed by atoms with E-state index in [4.69, 9.17) is 9.73 Å². The van der Waals surface area contributed by atoms with Crippen LogP contribution in [0, 0.1) is 0 Å². The van der Waals surface area contributed by atoms with Crippen LogP contribution in [0.25, 0.3) is 0 Å². The summed E-state index contributed by atoms with van der Waals surface area (Å²) in [5.74, 6) is 0.814. The molecule has 0 aliphatic carbocycles. The van der Waals surface area contributed by atoms with E-state index in [1.807, 2.05) is 0 Å². The summed E-state index contributed by atoms with van der Waals surface area (Å²) >= 11 is 0. The van der Waals surface area contributed by atoms with Crippen molar-refractivity contribution in [3.8, 4) is 0 Å². The van der Waals surface area contributed by atoms with Gasteiger partial charge in [-0.15, -0.1) is 0 Å². The highest BCUT2D eigenvalue weighted by Crippen LogP contribution is 2.30. The van der Waals surface area contributed by atoms with Crippen LogP contribution < -0.4 is 4.90 Å². The van der Waals surface area contributed by atoms with Gasteiger partial charge in [0.2, 0.25) is 5.90 Å². The Morgan fingerprint density at radius 2 is 1.90 bits per heavy atom. The maximum absolute atomic E-state index is 5.90. The molecule has 0 atom stereocenters. The standard InChI is InChI=1S/C17H26N2O/c1-6-13-10-9-11-14(19(7-2)8-3)15(13)16-18-17(4,5)12-20-16/h9-11H,6-8,12H2,1-5H3. The lowest BCUT2D eigenvalue weighted by atomic mass is 10.0. The monoisotopic (exact) mass is 274 g/mol. The summed E-state index contributed by atoms with van der Waals surface area (Å²) in [6.45, 7) is 13.4. The van der Waals surface area contributed by atoms with E-state index in [1.165, 1.54) is 16.8 Å². The molecule has 0 bridgehead atoms. The minimum absolute atomic E-state index is 0.114. The number of anilines is 1. The summed E-state index contributed by atoms with van der Waals surface area (Å²) in [6, 6.07) is 6.49. The van der Waals surface area contributed by atoms with Gasteiger partial charge >= 0.3 is 0 Å². The zero-order valence-electron chi connectivity index (χ0n) is 13.4. The third-order valence-corrected chi connectivity index (χ3v) is 3.79. The molecule has 1 aliphatic heterocycles. The van der Waals surface area contributed by atoms with Crippen molar-refractivity contribution in [2.75, 3.05) is 24.6 Å². The largest absolute Gasteiger partial charge is 0.475 e. The normalized spacial score (nSPS) is 16.8. The Labute approximate surface area is 122 Å². The quantitative estimate of drug-likeness (QED) is 0.818. The van der Waals surface area contributed by atoms with Gasteiger partial charge in [-0.25, -0.2) is 4.99 Å². The van der Waals surface area contributed by atoms with E-state index in [2.05, 4.69) is 57.7 Å². The minimum atomic E-state index is -0.114. The number of aryl methyl sites for hydroxylation is 1. The second-order valence-corrected chi connectivity index (χ2v) is 5.86. The molecule has 2 rings (SSSR count). The SMILES string of the molecule is CCc1cccc(N(CC)CC)c1C1=NC(C)(C)CO1. The number of rotatable bonds is 5. The van der Waals surface area contributed by atoms with Crippen molar-refractivity contribution in [1.82, 2.24) is 0 Å². The van der Waals surface area contributed by atoms with E-state index in [9.17, 15) is 0 Å². The van der Waals surface area contributed by atoms with Gasteiger partial charge < -0.3 is 9.64 Å². The van der Waals surface area contributed by atoms with Gasteiger partial charge in [0.05, 0.1) is 11.1 Å². The van der Waals surface area contributed by atoms with E-state index >= 15 is 0 Å². The third kappa shape index (κ3) is 2.82. The van der Waals surface area contributed by atoms with Crippen LogP contribution in [0.4, 0.5) is 5.69 Å². The first-order chi connectivity index (χ1) is 9.52. The van der Waals surface area contributed by atoms with Gasteiger partial charge in [0.15, 0.2) is 0 Å². The van der Waals surface area contributed by atoms with Gasteiger partial charge in [-0.2, -0.15) is 0 Å². The molecule has 0 fully saturated rings. The molecular formula is C17H26N2O. The van der Waals surface area contributed by atoms with E-state index in [1.54, 1.807) is 0 Å². The van der Waals surface area contributed by atoms with Crippen LogP contribution in [0.2, 0.25) is 0 Å². The zero-order valence-corrected chi connectivity index (χ0v) is 13.4. The highest BCUT2D eigenvalue weighted by atomic mass is 16.5. The van der Waals surface area contributed by atoms with Crippen LogP contribution in [0.3, 0.4) is 0 Å². The summed E-state index contributed by atoms with van der Waals surface area (Å²) in [4.78, 5) is 7.15. The molecular weight excluding hydrogens is 248 g/mol. The van der Waals surface area contributed by atoms with Crippen LogP contribution in [-0.4, -0.2) is 31.1 Å². The molecule has 20 heavy (non-hydrogen) atoms. The maximum atomic E-state index is 5.90. The molecule has 3 heteroatoms. The predicted octanol–water partition coefficient (Wildman–Crippen LogP) is 3.65. The molecule has 1 aromatic carbocycles. The van der Waals surface area contributed by atoms with E-state index in [0.29, 0.717) is 6.61 Å². The number of hydrogen-bond donors (Lipinski definition) is 0. The Kier molecular flexibility index (Phi) is 4.36. The summed E-state index contributed by atoms with van der Waals surface area (Å²) < 4.78 is 5.90. The summed E-state index contributed by atoms with van der Waals surface area (Å²) in [5.41, 5.74) is 3.62. The highest BCUT2D eigenvalue weighted by Gasteiger charge is 2.30. The lowest BCUT2D eigenvalue weighted by molar-refractivity contribution is 0.279. The fraction of sp³-hybridized carbons (Fsp3) is 0.588. The van der Waals surface area contributed by atoms with Crippen LogP contribution in [0.15, 0.2) is 23.2 Å². The van der Waals surface area contributed by atoms with E-state index in [0.717, 1.165) is 25.4 Å². The van der Waals surface area contributed by atoms with Crippen LogP contribution in [0.5, 0.6) is 0 Å². The second-order valence-electron chi connectivity index (χ2n) is 5.86. The number of hydrogen-bond acceptors (Lipinski definition) is 3. The smallest absolute Gasteiger partial charge is 0.219 e. The Morgan fingerprint density at radius 3 is 2.40 bits per heavy atom. The molecule has 1 aliphatic rings. The molecule has 0 aromatic heterocycles. The van der Waals surface area contributed by atoms with Crippen molar-refractivity contribution in [3.05, 3.63) is 29.3 Å². The van der Waals surface area contributed by atoms with Crippen molar-refractivity contribution in [3.63, 3.8) is 0 Å². The lowest BCUT2D eigenvalue weighted by Gasteiger charge is -2.25. The van der Waals surface area contributed by atoms with Gasteiger partial charge in [0.25, 0.3) is 0 Å². The molecule has 0 saturated carbocycles. The molecule has 1 aromatic rings. The number of benzene rings is 1. The molecule has 0 radical (unpaired) electrons. The van der Waals surface area contributed by atoms with Crippen molar-refractivity contribution in [2.45, 2.75) is 46.6 Å². The molecule has 0 amide bonds. The number of ether oxygens (including phenoxy) is 1. The van der Waals surface area contributed by atoms with Gasteiger partial charge in [0.1, 0.15) is 6.61 Å². The average molecular weight is 274 g/mol. The Hall–Kier alpha value is -1.51. The molecule has 3 nitrogen and oxygen atoms in total. The van der Waals surface area contributed by atoms with Crippen molar-refractivity contribution in [2.24, 2.45) is 4.99 Å². The Bertz CT molecular complexity index is 502. The first kappa shape index (κ1) is 14.9. The van der Waals surface area contributed by atoms with E-state index < -0.39 is 0 Å². The Balaban J connectivity index is 2.55. The minimum Gasteiger partial charge on any atom is -0.475 e. The van der Waals surface area contributed by atoms with Crippen molar-refractivity contribution < 1.29 is 4.74 Å². The predicted molar refractivity (Wildman–Crippen MR) is 85.9 cm³/mol. The highest BCUT2D eigenvalue weighted by molar-refractivity contribution is 6.02. The maximum Gasteiger partial charge on any atom is 0.219 e. The second kappa shape index (κ2) is 5.86. The molecule has 0 saturated heterocycles. The van der Waals surface area contributed by atoms with Gasteiger partial charge in [0, 0.05) is 18.8 Å². The molecule has 0 spiro atoms. The summed E-state index contributed by atoms with van der Waals surface area (Å²) in [6.07, 6.45) is 0.993. The third-order valence-electron chi connectivity index (χ3n) is 3.79. The van der Waals surface area contributed by atoms with Crippen molar-refractivity contribution >= 4 is 11.6 Å². The first-order valence-electron chi connectivity index (χ1n) is 7.62. The molecule has 110 valence electrons. The van der Waals surface area contributed by atoms with Crippen LogP contribution >= 0.6 is 0 Å².